The van der Waals surface area contributed by atoms with Crippen LogP contribution in [0.2, 0.25) is 0 Å². The molecular weight excluding hydrogens is 398 g/mol. The maximum atomic E-state index is 14.0. The molecule has 0 aromatic heterocycles. The molecule has 0 saturated carbocycles. The second kappa shape index (κ2) is 5.86. The van der Waals surface area contributed by atoms with Gasteiger partial charge in [-0.25, -0.2) is 0 Å². The van der Waals surface area contributed by atoms with Gasteiger partial charge in [-0.3, -0.25) is 10.0 Å². The molecule has 3 aliphatic rings. The van der Waals surface area contributed by atoms with Crippen molar-refractivity contribution in [2.24, 2.45) is 5.41 Å². The van der Waals surface area contributed by atoms with Crippen LogP contribution < -0.4 is 4.74 Å². The summed E-state index contributed by atoms with van der Waals surface area (Å²) in [5.74, 6) is 0.519. The van der Waals surface area contributed by atoms with E-state index in [1.54, 1.807) is 45.0 Å². The van der Waals surface area contributed by atoms with Crippen molar-refractivity contribution < 1.29 is 31.1 Å². The molecule has 0 amide bonds. The number of benzene rings is 1. The van der Waals surface area contributed by atoms with E-state index >= 15 is 0 Å². The van der Waals surface area contributed by atoms with Crippen LogP contribution in [0.4, 0.5) is 26.3 Å². The zero-order chi connectivity index (χ0) is 21.5. The van der Waals surface area contributed by atoms with Gasteiger partial charge in [-0.15, -0.1) is 0 Å². The predicted molar refractivity (Wildman–Crippen MR) is 93.4 cm³/mol. The topological polar surface area (TPSA) is 15.7 Å². The normalized spacial score (nSPS) is 26.0. The molecule has 9 heteroatoms. The Hall–Kier alpha value is -2.32. The highest BCUT2D eigenvalue weighted by Crippen LogP contribution is 2.64. The molecule has 1 aromatic carbocycles. The Balaban J connectivity index is 1.95. The molecular formula is C20H20F6N2O. The van der Waals surface area contributed by atoms with Gasteiger partial charge in [0.2, 0.25) is 0 Å². The Labute approximate surface area is 164 Å². The van der Waals surface area contributed by atoms with Crippen LogP contribution >= 0.6 is 0 Å². The van der Waals surface area contributed by atoms with E-state index in [0.717, 1.165) is 5.01 Å². The molecule has 0 aliphatic carbocycles. The first kappa shape index (κ1) is 20.0. The largest absolute Gasteiger partial charge is 0.497 e. The Morgan fingerprint density at radius 2 is 1.55 bits per heavy atom. The van der Waals surface area contributed by atoms with E-state index in [1.165, 1.54) is 12.1 Å². The average molecular weight is 418 g/mol. The van der Waals surface area contributed by atoms with Gasteiger partial charge in [-0.2, -0.15) is 26.3 Å². The number of halogens is 6. The first-order valence-electron chi connectivity index (χ1n) is 9.11. The van der Waals surface area contributed by atoms with Gasteiger partial charge in [0.05, 0.1) is 24.8 Å². The summed E-state index contributed by atoms with van der Waals surface area (Å²) in [5.41, 5.74) is -2.47. The standard InChI is InChI=1S/C20H20F6N2O/c1-10-13-9-14(11-5-7-12(29-4)8-6-11)28-17(20(24,25)26)15(19(21,22)23)16(27(13)28)18(10,2)3/h5-8,14,16H,9H2,1-4H3/t14-,16-/m1/s1. The van der Waals surface area contributed by atoms with Gasteiger partial charge in [0.1, 0.15) is 11.4 Å². The number of rotatable bonds is 2. The van der Waals surface area contributed by atoms with Crippen molar-refractivity contribution in [3.63, 3.8) is 0 Å². The van der Waals surface area contributed by atoms with Gasteiger partial charge >= 0.3 is 12.4 Å². The second-order valence-electron chi connectivity index (χ2n) is 8.14. The van der Waals surface area contributed by atoms with E-state index in [-0.39, 0.29) is 6.42 Å². The van der Waals surface area contributed by atoms with Crippen LogP contribution in [0.1, 0.15) is 38.8 Å². The monoisotopic (exact) mass is 418 g/mol. The van der Waals surface area contributed by atoms with Crippen LogP contribution in [0.3, 0.4) is 0 Å². The van der Waals surface area contributed by atoms with Crippen LogP contribution in [0.15, 0.2) is 46.8 Å². The zero-order valence-corrected chi connectivity index (χ0v) is 16.2. The number of allylic oxidation sites excluding steroid dienone is 1. The molecule has 3 aliphatic heterocycles. The molecule has 1 fully saturated rings. The van der Waals surface area contributed by atoms with Crippen molar-refractivity contribution in [2.75, 3.05) is 7.11 Å². The molecule has 4 rings (SSSR count). The molecule has 3 nitrogen and oxygen atoms in total. The van der Waals surface area contributed by atoms with E-state index in [4.69, 9.17) is 4.74 Å². The third-order valence-electron chi connectivity index (χ3n) is 6.35. The maximum Gasteiger partial charge on any atom is 0.433 e. The third kappa shape index (κ3) is 2.65. The van der Waals surface area contributed by atoms with Crippen LogP contribution in [0.5, 0.6) is 5.75 Å². The maximum absolute atomic E-state index is 14.0. The molecule has 0 unspecified atom stereocenters. The van der Waals surface area contributed by atoms with Gasteiger partial charge in [0, 0.05) is 17.5 Å². The highest BCUT2D eigenvalue weighted by atomic mass is 19.4. The van der Waals surface area contributed by atoms with Crippen molar-refractivity contribution in [3.8, 4) is 5.75 Å². The highest BCUT2D eigenvalue weighted by molar-refractivity contribution is 5.48. The van der Waals surface area contributed by atoms with Crippen molar-refractivity contribution >= 4 is 0 Å². The predicted octanol–water partition coefficient (Wildman–Crippen LogP) is 5.73. The first-order valence-corrected chi connectivity index (χ1v) is 9.11. The minimum atomic E-state index is -5.14. The van der Waals surface area contributed by atoms with Gasteiger partial charge < -0.3 is 4.74 Å². The van der Waals surface area contributed by atoms with Crippen LogP contribution in [0, 0.1) is 5.41 Å². The third-order valence-corrected chi connectivity index (χ3v) is 6.35. The summed E-state index contributed by atoms with van der Waals surface area (Å²) in [7, 11) is 1.46. The van der Waals surface area contributed by atoms with E-state index in [2.05, 4.69) is 0 Å². The van der Waals surface area contributed by atoms with Crippen molar-refractivity contribution in [1.82, 2.24) is 10.0 Å². The Bertz CT molecular complexity index is 910. The minimum absolute atomic E-state index is 0.211. The molecule has 1 saturated heterocycles. The molecule has 1 aromatic rings. The molecule has 158 valence electrons. The van der Waals surface area contributed by atoms with Gasteiger partial charge in [-0.05, 0) is 30.2 Å². The first-order chi connectivity index (χ1) is 13.3. The van der Waals surface area contributed by atoms with E-state index in [9.17, 15) is 26.3 Å². The lowest BCUT2D eigenvalue weighted by Crippen LogP contribution is -2.42. The average Bonchev–Trinajstić information content (AvgIpc) is 3.21. The lowest BCUT2D eigenvalue weighted by molar-refractivity contribution is -0.134. The summed E-state index contributed by atoms with van der Waals surface area (Å²) < 4.78 is 88.9. The number of hydrazine groups is 1. The van der Waals surface area contributed by atoms with Crippen molar-refractivity contribution in [3.05, 3.63) is 52.4 Å². The van der Waals surface area contributed by atoms with Gasteiger partial charge in [-0.1, -0.05) is 26.0 Å². The molecule has 3 heterocycles. The summed E-state index contributed by atoms with van der Waals surface area (Å²) in [5, 5.41) is 2.05. The Morgan fingerprint density at radius 3 is 2.03 bits per heavy atom. The smallest absolute Gasteiger partial charge is 0.433 e. The van der Waals surface area contributed by atoms with E-state index in [0.29, 0.717) is 22.6 Å². The van der Waals surface area contributed by atoms with Crippen LogP contribution in [-0.2, 0) is 0 Å². The highest BCUT2D eigenvalue weighted by Gasteiger charge is 2.67. The summed E-state index contributed by atoms with van der Waals surface area (Å²) in [4.78, 5) is 0. The summed E-state index contributed by atoms with van der Waals surface area (Å²) in [6.45, 7) is 4.86. The molecule has 0 N–H and O–H groups in total. The lowest BCUT2D eigenvalue weighted by Gasteiger charge is -2.36. The van der Waals surface area contributed by atoms with Gasteiger partial charge in [0.15, 0.2) is 0 Å². The lowest BCUT2D eigenvalue weighted by atomic mass is 9.77. The second-order valence-corrected chi connectivity index (χ2v) is 8.14. The van der Waals surface area contributed by atoms with Gasteiger partial charge in [0.25, 0.3) is 0 Å². The van der Waals surface area contributed by atoms with Crippen molar-refractivity contribution in [2.45, 2.75) is 51.6 Å². The zero-order valence-electron chi connectivity index (χ0n) is 16.2. The fraction of sp³-hybridized carbons (Fsp3) is 0.500. The van der Waals surface area contributed by atoms with Crippen LogP contribution in [0.25, 0.3) is 0 Å². The van der Waals surface area contributed by atoms with Crippen molar-refractivity contribution in [1.29, 1.82) is 0 Å². The quantitative estimate of drug-likeness (QED) is 0.570. The molecule has 0 bridgehead atoms. The number of ether oxygens (including phenoxy) is 1. The fourth-order valence-corrected chi connectivity index (χ4v) is 4.79. The number of hydrogen-bond donors (Lipinski definition) is 0. The number of nitrogens with zero attached hydrogens (tertiary/aromatic N) is 2. The molecule has 0 spiro atoms. The molecule has 2 atom stereocenters. The Kier molecular flexibility index (Phi) is 4.03. The SMILES string of the molecule is COc1ccc([C@H]2CC3=C(C)C(C)(C)[C@H]4C(C(F)(F)F)=C(C(F)(F)F)N2N34)cc1. The number of alkyl halides is 6. The summed E-state index contributed by atoms with van der Waals surface area (Å²) in [6.07, 6.45) is -10.0. The summed E-state index contributed by atoms with van der Waals surface area (Å²) in [6, 6.07) is 4.08. The fourth-order valence-electron chi connectivity index (χ4n) is 4.79. The number of methoxy groups -OCH3 is 1. The Morgan fingerprint density at radius 1 is 0.966 bits per heavy atom. The summed E-state index contributed by atoms with van der Waals surface area (Å²) >= 11 is 0. The van der Waals surface area contributed by atoms with E-state index < -0.39 is 41.1 Å². The van der Waals surface area contributed by atoms with E-state index in [1.807, 2.05) is 0 Å². The molecule has 0 radical (unpaired) electrons. The van der Waals surface area contributed by atoms with Crippen LogP contribution in [-0.4, -0.2) is 35.5 Å². The molecule has 29 heavy (non-hydrogen) atoms. The minimum Gasteiger partial charge on any atom is -0.497 e. The number of hydrogen-bond acceptors (Lipinski definition) is 3.